The predicted molar refractivity (Wildman–Crippen MR) is 124 cm³/mol. The fourth-order valence-corrected chi connectivity index (χ4v) is 4.68. The number of nitrogens with zero attached hydrogens (tertiary/aromatic N) is 2. The van der Waals surface area contributed by atoms with Crippen LogP contribution in [0, 0.1) is 6.92 Å². The van der Waals surface area contributed by atoms with Crippen LogP contribution < -0.4 is 15.6 Å². The van der Waals surface area contributed by atoms with Crippen LogP contribution in [0.3, 0.4) is 0 Å². The minimum atomic E-state index is -0.775. The van der Waals surface area contributed by atoms with Gasteiger partial charge in [0.25, 0.3) is 11.5 Å². The Kier molecular flexibility index (Phi) is 4.86. The average molecular weight is 446 g/mol. The lowest BCUT2D eigenvalue weighted by Gasteiger charge is -2.19. The van der Waals surface area contributed by atoms with Crippen molar-refractivity contribution in [2.75, 3.05) is 11.9 Å². The third-order valence-corrected chi connectivity index (χ3v) is 6.46. The van der Waals surface area contributed by atoms with E-state index in [0.717, 1.165) is 16.7 Å². The van der Waals surface area contributed by atoms with Crippen LogP contribution in [0.25, 0.3) is 21.3 Å². The molecular formula is C24H19N3O4S. The number of thiophene rings is 1. The highest BCUT2D eigenvalue weighted by Crippen LogP contribution is 2.32. The van der Waals surface area contributed by atoms with Crippen LogP contribution >= 0.6 is 11.3 Å². The molecule has 32 heavy (non-hydrogen) atoms. The molecule has 0 saturated carbocycles. The number of aromatic nitrogens is 2. The molecule has 5 rings (SSSR count). The lowest BCUT2D eigenvalue weighted by atomic mass is 10.0. The number of nitrogens with one attached hydrogen (secondary N) is 1. The quantitative estimate of drug-likeness (QED) is 0.475. The number of hydrogen-bond donors (Lipinski definition) is 1. The van der Waals surface area contributed by atoms with Crippen molar-refractivity contribution in [3.8, 4) is 16.9 Å². The van der Waals surface area contributed by atoms with Gasteiger partial charge >= 0.3 is 0 Å². The number of hydrogen-bond acceptors (Lipinski definition) is 6. The first-order valence-electron chi connectivity index (χ1n) is 10.1. The summed E-state index contributed by atoms with van der Waals surface area (Å²) in [5.74, 6) is -0.0276. The van der Waals surface area contributed by atoms with Gasteiger partial charge in [0, 0.05) is 16.5 Å². The lowest BCUT2D eigenvalue weighted by molar-refractivity contribution is -0.118. The molecule has 160 valence electrons. The molecule has 7 nitrogen and oxygen atoms in total. The Hall–Kier alpha value is -3.78. The van der Waals surface area contributed by atoms with Gasteiger partial charge in [0.15, 0.2) is 12.4 Å². The molecule has 0 bridgehead atoms. The smallest absolute Gasteiger partial charge is 0.263 e. The highest BCUT2D eigenvalue weighted by Gasteiger charge is 2.24. The molecule has 1 N–H and O–H groups in total. The third-order valence-electron chi connectivity index (χ3n) is 5.58. The van der Waals surface area contributed by atoms with Crippen molar-refractivity contribution in [2.45, 2.75) is 19.9 Å². The average Bonchev–Trinajstić information content (AvgIpc) is 3.23. The molecule has 1 aliphatic rings. The van der Waals surface area contributed by atoms with Crippen molar-refractivity contribution in [3.05, 3.63) is 75.7 Å². The van der Waals surface area contributed by atoms with Crippen molar-refractivity contribution in [1.82, 2.24) is 9.55 Å². The maximum atomic E-state index is 13.4. The van der Waals surface area contributed by atoms with E-state index < -0.39 is 6.04 Å². The Morgan fingerprint density at radius 3 is 2.75 bits per heavy atom. The number of carbonyl (C=O) groups is 2. The molecule has 8 heteroatoms. The van der Waals surface area contributed by atoms with Gasteiger partial charge in [-0.25, -0.2) is 4.98 Å². The van der Waals surface area contributed by atoms with Crippen LogP contribution in [0.4, 0.5) is 5.69 Å². The first-order valence-corrected chi connectivity index (χ1v) is 11.0. The van der Waals surface area contributed by atoms with E-state index in [1.807, 2.05) is 36.6 Å². The first-order chi connectivity index (χ1) is 15.4. The Morgan fingerprint density at radius 2 is 1.97 bits per heavy atom. The number of rotatable bonds is 4. The topological polar surface area (TPSA) is 90.3 Å². The minimum Gasteiger partial charge on any atom is -0.482 e. The SMILES string of the molecule is Cc1ccc(-c2csc3ncn(C(C)C(=O)c4ccc5c(c4)NC(=O)CO5)c(=O)c23)cc1. The van der Waals surface area contributed by atoms with Crippen LogP contribution in [0.2, 0.25) is 0 Å². The van der Waals surface area contributed by atoms with Crippen LogP contribution in [0.1, 0.15) is 28.9 Å². The fourth-order valence-electron chi connectivity index (χ4n) is 3.77. The van der Waals surface area contributed by atoms with Gasteiger partial charge in [0.1, 0.15) is 10.6 Å². The van der Waals surface area contributed by atoms with Gasteiger partial charge in [-0.3, -0.25) is 19.0 Å². The maximum absolute atomic E-state index is 13.4. The van der Waals surface area contributed by atoms with Gasteiger partial charge in [-0.15, -0.1) is 11.3 Å². The molecule has 1 unspecified atom stereocenters. The number of benzene rings is 2. The number of amides is 1. The number of anilines is 1. The summed E-state index contributed by atoms with van der Waals surface area (Å²) >= 11 is 1.40. The largest absolute Gasteiger partial charge is 0.482 e. The zero-order chi connectivity index (χ0) is 22.4. The van der Waals surface area contributed by atoms with Crippen molar-refractivity contribution >= 4 is 38.9 Å². The molecule has 0 saturated heterocycles. The Morgan fingerprint density at radius 1 is 1.19 bits per heavy atom. The van der Waals surface area contributed by atoms with E-state index >= 15 is 0 Å². The van der Waals surface area contributed by atoms with E-state index in [0.29, 0.717) is 27.2 Å². The van der Waals surface area contributed by atoms with Crippen LogP contribution in [0.5, 0.6) is 5.75 Å². The molecule has 0 fully saturated rings. The van der Waals surface area contributed by atoms with Gasteiger partial charge in [-0.05, 0) is 37.6 Å². The number of fused-ring (bicyclic) bond motifs is 2. The summed E-state index contributed by atoms with van der Waals surface area (Å²) in [6.07, 6.45) is 1.42. The molecule has 2 aromatic heterocycles. The molecule has 4 aromatic rings. The second-order valence-electron chi connectivity index (χ2n) is 7.74. The van der Waals surface area contributed by atoms with Gasteiger partial charge in [-0.1, -0.05) is 29.8 Å². The summed E-state index contributed by atoms with van der Waals surface area (Å²) in [5.41, 5.74) is 3.43. The zero-order valence-corrected chi connectivity index (χ0v) is 18.2. The van der Waals surface area contributed by atoms with E-state index in [9.17, 15) is 14.4 Å². The Labute approximate surface area is 187 Å². The third kappa shape index (κ3) is 3.38. The van der Waals surface area contributed by atoms with Gasteiger partial charge < -0.3 is 10.1 Å². The zero-order valence-electron chi connectivity index (χ0n) is 17.4. The lowest BCUT2D eigenvalue weighted by Crippen LogP contribution is -2.29. The number of carbonyl (C=O) groups excluding carboxylic acids is 2. The Bertz CT molecular complexity index is 1440. The standard InChI is InChI=1S/C24H19N3O4S/c1-13-3-5-15(6-4-13)17-11-32-23-21(17)24(30)27(12-25-23)14(2)22(29)16-7-8-19-18(9-16)26-20(28)10-31-19/h3-9,11-12,14H,10H2,1-2H3,(H,26,28). The summed E-state index contributed by atoms with van der Waals surface area (Å²) < 4.78 is 6.71. The number of Topliss-reactive ketones (excluding diaryl/α,β-unsaturated/α-hetero) is 1. The summed E-state index contributed by atoms with van der Waals surface area (Å²) in [6.45, 7) is 3.63. The number of ether oxygens (including phenoxy) is 1. The second kappa shape index (κ2) is 7.72. The van der Waals surface area contributed by atoms with Crippen molar-refractivity contribution in [3.63, 3.8) is 0 Å². The normalized spacial score (nSPS) is 13.9. The molecule has 0 aliphatic carbocycles. The molecule has 1 amide bonds. The highest BCUT2D eigenvalue weighted by molar-refractivity contribution is 7.17. The Balaban J connectivity index is 1.54. The van der Waals surface area contributed by atoms with E-state index in [-0.39, 0.29) is 23.9 Å². The highest BCUT2D eigenvalue weighted by atomic mass is 32.1. The van der Waals surface area contributed by atoms with Crippen molar-refractivity contribution < 1.29 is 14.3 Å². The van der Waals surface area contributed by atoms with E-state index in [4.69, 9.17) is 4.74 Å². The summed E-state index contributed by atoms with van der Waals surface area (Å²) in [4.78, 5) is 43.3. The molecule has 2 aromatic carbocycles. The van der Waals surface area contributed by atoms with Crippen LogP contribution in [-0.2, 0) is 4.79 Å². The summed E-state index contributed by atoms with van der Waals surface area (Å²) in [6, 6.07) is 12.0. The van der Waals surface area contributed by atoms with E-state index in [2.05, 4.69) is 10.3 Å². The van der Waals surface area contributed by atoms with Gasteiger partial charge in [0.05, 0.1) is 23.4 Å². The fraction of sp³-hybridized carbons (Fsp3) is 0.167. The number of aryl methyl sites for hydroxylation is 1. The maximum Gasteiger partial charge on any atom is 0.263 e. The molecule has 1 atom stereocenters. The van der Waals surface area contributed by atoms with E-state index in [1.165, 1.54) is 22.2 Å². The summed E-state index contributed by atoms with van der Waals surface area (Å²) in [7, 11) is 0. The van der Waals surface area contributed by atoms with Crippen LogP contribution in [-0.4, -0.2) is 27.8 Å². The first kappa shape index (κ1) is 20.1. The molecule has 1 aliphatic heterocycles. The monoisotopic (exact) mass is 445 g/mol. The summed E-state index contributed by atoms with van der Waals surface area (Å²) in [5, 5.41) is 5.13. The minimum absolute atomic E-state index is 0.0538. The molecule has 3 heterocycles. The van der Waals surface area contributed by atoms with Crippen molar-refractivity contribution in [1.29, 1.82) is 0 Å². The molecular weight excluding hydrogens is 426 g/mol. The van der Waals surface area contributed by atoms with E-state index in [1.54, 1.807) is 25.1 Å². The van der Waals surface area contributed by atoms with Crippen LogP contribution in [0.15, 0.2) is 59.0 Å². The molecule has 0 spiro atoms. The van der Waals surface area contributed by atoms with Crippen molar-refractivity contribution in [2.24, 2.45) is 0 Å². The van der Waals surface area contributed by atoms with Gasteiger partial charge in [-0.2, -0.15) is 0 Å². The predicted octanol–water partition coefficient (Wildman–Crippen LogP) is 4.21. The van der Waals surface area contributed by atoms with Gasteiger partial charge in [0.2, 0.25) is 0 Å². The second-order valence-corrected chi connectivity index (χ2v) is 8.60. The number of ketones is 1. The molecule has 0 radical (unpaired) electrons.